The minimum absolute atomic E-state index is 0.230. The Bertz CT molecular complexity index is 796. The third kappa shape index (κ3) is 2.86. The number of fused-ring (bicyclic) bond motifs is 1. The van der Waals surface area contributed by atoms with Crippen LogP contribution in [0.2, 0.25) is 0 Å². The molecule has 1 amide bonds. The molecule has 8 heteroatoms. The maximum atomic E-state index is 12.1. The third-order valence-electron chi connectivity index (χ3n) is 2.75. The summed E-state index contributed by atoms with van der Waals surface area (Å²) in [6, 6.07) is 5.67. The summed E-state index contributed by atoms with van der Waals surface area (Å²) in [4.78, 5) is 17.0. The lowest BCUT2D eigenvalue weighted by molar-refractivity contribution is 0.103. The zero-order valence-electron chi connectivity index (χ0n) is 11.4. The quantitative estimate of drug-likeness (QED) is 0.799. The number of thiazole rings is 1. The van der Waals surface area contributed by atoms with Gasteiger partial charge < -0.3 is 4.74 Å². The van der Waals surface area contributed by atoms with Crippen molar-refractivity contribution in [1.29, 1.82) is 0 Å². The second kappa shape index (κ2) is 5.74. The highest BCUT2D eigenvalue weighted by molar-refractivity contribution is 7.22. The summed E-state index contributed by atoms with van der Waals surface area (Å²) in [7, 11) is 0. The average Bonchev–Trinajstić information content (AvgIpc) is 3.04. The molecule has 1 N–H and O–H groups in total. The predicted octanol–water partition coefficient (Wildman–Crippen LogP) is 3.11. The summed E-state index contributed by atoms with van der Waals surface area (Å²) in [6.07, 6.45) is 0. The molecule has 3 rings (SSSR count). The van der Waals surface area contributed by atoms with Crippen LogP contribution in [0.3, 0.4) is 0 Å². The van der Waals surface area contributed by atoms with Gasteiger partial charge in [0.05, 0.1) is 22.5 Å². The summed E-state index contributed by atoms with van der Waals surface area (Å²) in [5.74, 6) is 0.570. The van der Waals surface area contributed by atoms with Crippen molar-refractivity contribution >= 4 is 44.1 Å². The van der Waals surface area contributed by atoms with Gasteiger partial charge in [-0.3, -0.25) is 10.1 Å². The maximum absolute atomic E-state index is 12.1. The first-order valence-electron chi connectivity index (χ1n) is 6.31. The van der Waals surface area contributed by atoms with Crippen molar-refractivity contribution < 1.29 is 9.53 Å². The lowest BCUT2D eigenvalue weighted by Crippen LogP contribution is -2.11. The maximum Gasteiger partial charge on any atom is 0.271 e. The van der Waals surface area contributed by atoms with Crippen LogP contribution in [-0.4, -0.2) is 27.1 Å². The van der Waals surface area contributed by atoms with Gasteiger partial charge in [0.15, 0.2) is 5.13 Å². The van der Waals surface area contributed by atoms with Crippen molar-refractivity contribution in [3.63, 3.8) is 0 Å². The summed E-state index contributed by atoms with van der Waals surface area (Å²) >= 11 is 2.49. The van der Waals surface area contributed by atoms with Gasteiger partial charge in [-0.2, -0.15) is 0 Å². The van der Waals surface area contributed by atoms with E-state index in [1.54, 1.807) is 6.92 Å². The van der Waals surface area contributed by atoms with Crippen LogP contribution < -0.4 is 10.1 Å². The Hall–Kier alpha value is -2.06. The molecule has 0 bridgehead atoms. The van der Waals surface area contributed by atoms with E-state index in [1.165, 1.54) is 11.3 Å². The number of benzene rings is 1. The van der Waals surface area contributed by atoms with Gasteiger partial charge in [0.1, 0.15) is 10.6 Å². The second-order valence-electron chi connectivity index (χ2n) is 4.22. The van der Waals surface area contributed by atoms with Gasteiger partial charge in [0.25, 0.3) is 5.91 Å². The molecule has 2 aromatic heterocycles. The summed E-state index contributed by atoms with van der Waals surface area (Å²) in [5.41, 5.74) is 1.45. The summed E-state index contributed by atoms with van der Waals surface area (Å²) in [6.45, 7) is 4.31. The van der Waals surface area contributed by atoms with Crippen LogP contribution in [0.25, 0.3) is 10.2 Å². The topological polar surface area (TPSA) is 77.0 Å². The van der Waals surface area contributed by atoms with Crippen molar-refractivity contribution in [3.8, 4) is 5.75 Å². The molecular weight excluding hydrogens is 308 g/mol. The SMILES string of the molecule is CCOc1ccc2nc(NC(=O)c3snnc3C)sc2c1. The highest BCUT2D eigenvalue weighted by Gasteiger charge is 2.15. The first-order valence-corrected chi connectivity index (χ1v) is 7.90. The smallest absolute Gasteiger partial charge is 0.271 e. The Balaban J connectivity index is 1.84. The number of aromatic nitrogens is 3. The van der Waals surface area contributed by atoms with Crippen molar-refractivity contribution in [1.82, 2.24) is 14.6 Å². The fourth-order valence-electron chi connectivity index (χ4n) is 1.81. The zero-order valence-corrected chi connectivity index (χ0v) is 13.0. The van der Waals surface area contributed by atoms with E-state index in [2.05, 4.69) is 19.9 Å². The molecule has 0 saturated heterocycles. The van der Waals surface area contributed by atoms with Crippen molar-refractivity contribution in [2.75, 3.05) is 11.9 Å². The third-order valence-corrected chi connectivity index (χ3v) is 4.51. The number of carbonyl (C=O) groups excluding carboxylic acids is 1. The number of aryl methyl sites for hydroxylation is 1. The van der Waals surface area contributed by atoms with E-state index in [0.717, 1.165) is 27.5 Å². The molecule has 108 valence electrons. The Morgan fingerprint density at radius 3 is 3.00 bits per heavy atom. The highest BCUT2D eigenvalue weighted by Crippen LogP contribution is 2.29. The molecule has 0 aliphatic carbocycles. The number of rotatable bonds is 4. The van der Waals surface area contributed by atoms with Crippen LogP contribution in [0.5, 0.6) is 5.75 Å². The molecule has 6 nitrogen and oxygen atoms in total. The van der Waals surface area contributed by atoms with Gasteiger partial charge in [-0.05, 0) is 43.6 Å². The molecule has 0 aliphatic rings. The van der Waals surface area contributed by atoms with Gasteiger partial charge in [-0.15, -0.1) is 5.10 Å². The number of anilines is 1. The van der Waals surface area contributed by atoms with E-state index in [9.17, 15) is 4.79 Å². The molecule has 0 fully saturated rings. The first-order chi connectivity index (χ1) is 10.2. The Kier molecular flexibility index (Phi) is 3.80. The number of hydrogen-bond donors (Lipinski definition) is 1. The van der Waals surface area contributed by atoms with E-state index in [4.69, 9.17) is 4.74 Å². The number of amides is 1. The molecule has 21 heavy (non-hydrogen) atoms. The van der Waals surface area contributed by atoms with Crippen LogP contribution in [-0.2, 0) is 0 Å². The van der Waals surface area contributed by atoms with Gasteiger partial charge in [0, 0.05) is 0 Å². The minimum atomic E-state index is -0.230. The fourth-order valence-corrected chi connectivity index (χ4v) is 3.25. The molecule has 3 aromatic rings. The van der Waals surface area contributed by atoms with Gasteiger partial charge in [-0.25, -0.2) is 4.98 Å². The van der Waals surface area contributed by atoms with E-state index < -0.39 is 0 Å². The van der Waals surface area contributed by atoms with E-state index in [-0.39, 0.29) is 5.91 Å². The predicted molar refractivity (Wildman–Crippen MR) is 83.4 cm³/mol. The van der Waals surface area contributed by atoms with E-state index in [0.29, 0.717) is 22.3 Å². The first kappa shape index (κ1) is 13.9. The number of ether oxygens (including phenoxy) is 1. The largest absolute Gasteiger partial charge is 0.494 e. The Morgan fingerprint density at radius 2 is 2.29 bits per heavy atom. The van der Waals surface area contributed by atoms with Crippen LogP contribution in [0.15, 0.2) is 18.2 Å². The van der Waals surface area contributed by atoms with Crippen molar-refractivity contribution in [2.45, 2.75) is 13.8 Å². The van der Waals surface area contributed by atoms with Crippen LogP contribution >= 0.6 is 22.9 Å². The van der Waals surface area contributed by atoms with Crippen molar-refractivity contribution in [3.05, 3.63) is 28.8 Å². The molecule has 0 aliphatic heterocycles. The molecule has 0 unspecified atom stereocenters. The normalized spacial score (nSPS) is 10.8. The molecule has 0 atom stereocenters. The average molecular weight is 320 g/mol. The molecule has 0 spiro atoms. The molecule has 1 aromatic carbocycles. The zero-order chi connectivity index (χ0) is 14.8. The van der Waals surface area contributed by atoms with Crippen LogP contribution in [0.1, 0.15) is 22.3 Å². The second-order valence-corrected chi connectivity index (χ2v) is 6.01. The molecule has 2 heterocycles. The van der Waals surface area contributed by atoms with E-state index in [1.807, 2.05) is 25.1 Å². The summed E-state index contributed by atoms with van der Waals surface area (Å²) in [5, 5.41) is 7.16. The number of nitrogens with one attached hydrogen (secondary N) is 1. The number of nitrogens with zero attached hydrogens (tertiary/aromatic N) is 3. The standard InChI is InChI=1S/C13H12N4O2S2/c1-3-19-8-4-5-9-10(6-8)20-13(14-9)15-12(18)11-7(2)16-17-21-11/h4-6H,3H2,1-2H3,(H,14,15,18). The minimum Gasteiger partial charge on any atom is -0.494 e. The summed E-state index contributed by atoms with van der Waals surface area (Å²) < 4.78 is 10.2. The van der Waals surface area contributed by atoms with Crippen LogP contribution in [0.4, 0.5) is 5.13 Å². The lowest BCUT2D eigenvalue weighted by atomic mass is 10.3. The number of hydrogen-bond acceptors (Lipinski definition) is 7. The van der Waals surface area contributed by atoms with Gasteiger partial charge in [-0.1, -0.05) is 15.8 Å². The highest BCUT2D eigenvalue weighted by atomic mass is 32.1. The lowest BCUT2D eigenvalue weighted by Gasteiger charge is -2.00. The molecule has 0 radical (unpaired) electrons. The molecular formula is C13H12N4O2S2. The van der Waals surface area contributed by atoms with Gasteiger partial charge >= 0.3 is 0 Å². The monoisotopic (exact) mass is 320 g/mol. The Labute approximate surface area is 129 Å². The van der Waals surface area contributed by atoms with Crippen molar-refractivity contribution in [2.24, 2.45) is 0 Å². The number of carbonyl (C=O) groups is 1. The fraction of sp³-hybridized carbons (Fsp3) is 0.231. The van der Waals surface area contributed by atoms with Crippen LogP contribution in [0, 0.1) is 6.92 Å². The van der Waals surface area contributed by atoms with E-state index >= 15 is 0 Å². The molecule has 0 saturated carbocycles. The Morgan fingerprint density at radius 1 is 1.43 bits per heavy atom. The van der Waals surface area contributed by atoms with Gasteiger partial charge in [0.2, 0.25) is 0 Å².